The number of nitrogen functional groups attached to an aromatic ring is 1. The summed E-state index contributed by atoms with van der Waals surface area (Å²) in [4.78, 5) is 64.0. The van der Waals surface area contributed by atoms with E-state index in [1.54, 1.807) is 26.8 Å². The maximum Gasteiger partial charge on any atom is 0.407 e. The fourth-order valence-electron chi connectivity index (χ4n) is 14.7. The van der Waals surface area contributed by atoms with E-state index in [4.69, 9.17) is 10.5 Å². The van der Waals surface area contributed by atoms with Gasteiger partial charge in [0.2, 0.25) is 28.8 Å². The van der Waals surface area contributed by atoms with E-state index in [9.17, 15) is 34.2 Å². The summed E-state index contributed by atoms with van der Waals surface area (Å²) in [5.74, 6) is -2.24. The van der Waals surface area contributed by atoms with Crippen LogP contribution in [0.4, 0.5) is 20.6 Å². The van der Waals surface area contributed by atoms with Gasteiger partial charge in [-0.2, -0.15) is 4.57 Å². The van der Waals surface area contributed by atoms with Gasteiger partial charge in [0.1, 0.15) is 12.1 Å². The summed E-state index contributed by atoms with van der Waals surface area (Å²) in [6.07, 6.45) is 20.8. The van der Waals surface area contributed by atoms with Crippen molar-refractivity contribution in [2.75, 3.05) is 30.7 Å². The molecule has 0 spiro atoms. The van der Waals surface area contributed by atoms with E-state index in [1.165, 1.54) is 12.2 Å². The Morgan fingerprint density at radius 1 is 0.765 bits per heavy atom. The largest absolute Gasteiger partial charge is 0.441 e. The molecule has 7 N–H and O–H groups in total. The minimum absolute atomic E-state index is 0. The number of nitrogens with one attached hydrogen (secondary N) is 3. The molecule has 3 aromatic carbocycles. The van der Waals surface area contributed by atoms with Crippen LogP contribution < -0.4 is 26.3 Å². The second kappa shape index (κ2) is 28.2. The highest BCUT2D eigenvalue weighted by molar-refractivity contribution is 8.93. The molecular weight excluding hydrogens is 1090 g/mol. The first kappa shape index (κ1) is 63.1. The molecule has 3 saturated carbocycles. The number of aromatic nitrogens is 1. The molecular formula is C66H90BrFN5O8+. The first-order chi connectivity index (χ1) is 38.5. The molecule has 1 aromatic heterocycles. The van der Waals surface area contributed by atoms with Crippen LogP contribution in [0.15, 0.2) is 90.5 Å². The van der Waals surface area contributed by atoms with Crippen molar-refractivity contribution in [3.63, 3.8) is 0 Å². The summed E-state index contributed by atoms with van der Waals surface area (Å²) in [6.45, 7) is 8.70. The molecule has 0 aliphatic heterocycles. The molecule has 1 heterocycles. The number of benzene rings is 3. The van der Waals surface area contributed by atoms with Gasteiger partial charge in [0.05, 0.1) is 16.9 Å². The lowest BCUT2D eigenvalue weighted by Crippen LogP contribution is -2.69. The number of alkyl carbamates (subject to hydrolysis) is 1. The maximum absolute atomic E-state index is 17.5. The minimum Gasteiger partial charge on any atom is -0.441 e. The van der Waals surface area contributed by atoms with E-state index in [-0.39, 0.29) is 41.0 Å². The SMILES string of the molecule is Br.CC[n+]1c(-c2ccccc2)c2cc(NC(=O)CCCCCCCCCCNC(=O)CCCCCCCCCCNC(=O)OCC(=O)[C@@]3(O)[C@H](C)CC4C5CCC6=CC(=O)C=CC6(C)[C@@]5(F)C(O)CC43C)ccc2c2ccc(N)cc21. The number of fused-ring (bicyclic) bond motifs is 8. The molecule has 3 amide bonds. The maximum atomic E-state index is 17.5. The second-order valence-electron chi connectivity index (χ2n) is 24.1. The summed E-state index contributed by atoms with van der Waals surface area (Å²) >= 11 is 0. The lowest BCUT2D eigenvalue weighted by molar-refractivity contribution is -0.655. The highest BCUT2D eigenvalue weighted by atomic mass is 79.9. The Balaban J connectivity index is 0.00000946. The molecule has 13 nitrogen and oxygen atoms in total. The van der Waals surface area contributed by atoms with Crippen LogP contribution in [0.2, 0.25) is 0 Å². The quantitative estimate of drug-likeness (QED) is 0.0139. The number of nitrogens with zero attached hydrogens (tertiary/aromatic N) is 1. The number of hydrogen-bond donors (Lipinski definition) is 6. The molecule has 3 fully saturated rings. The van der Waals surface area contributed by atoms with Crippen LogP contribution in [-0.4, -0.2) is 76.8 Å². The number of allylic oxidation sites excluding steroid dienone is 4. The predicted molar refractivity (Wildman–Crippen MR) is 324 cm³/mol. The lowest BCUT2D eigenvalue weighted by Gasteiger charge is -2.62. The van der Waals surface area contributed by atoms with Crippen molar-refractivity contribution in [1.82, 2.24) is 10.6 Å². The first-order valence-electron chi connectivity index (χ1n) is 30.2. The number of carbonyl (C=O) groups is 5. The second-order valence-corrected chi connectivity index (χ2v) is 24.1. The Kier molecular flexibility index (Phi) is 21.9. The molecule has 4 aliphatic rings. The zero-order chi connectivity index (χ0) is 57.1. The third-order valence-electron chi connectivity index (χ3n) is 19.0. The van der Waals surface area contributed by atoms with Crippen molar-refractivity contribution >= 4 is 79.5 Å². The molecule has 0 radical (unpaired) electrons. The number of halogens is 2. The number of aryl methyl sites for hydroxylation is 1. The van der Waals surface area contributed by atoms with Gasteiger partial charge in [0, 0.05) is 71.1 Å². The zero-order valence-corrected chi connectivity index (χ0v) is 50.1. The number of amides is 3. The number of unbranched alkanes of at least 4 members (excludes halogenated alkanes) is 14. The molecule has 440 valence electrons. The lowest BCUT2D eigenvalue weighted by atomic mass is 9.44. The molecule has 0 saturated heterocycles. The van der Waals surface area contributed by atoms with Gasteiger partial charge in [-0.1, -0.05) is 127 Å². The summed E-state index contributed by atoms with van der Waals surface area (Å²) in [5, 5.41) is 36.1. The third-order valence-corrected chi connectivity index (χ3v) is 19.0. The van der Waals surface area contributed by atoms with E-state index >= 15 is 4.39 Å². The summed E-state index contributed by atoms with van der Waals surface area (Å²) < 4.78 is 25.1. The van der Waals surface area contributed by atoms with Crippen molar-refractivity contribution in [1.29, 1.82) is 0 Å². The average Bonchev–Trinajstić information content (AvgIpc) is 1.90. The Morgan fingerprint density at radius 3 is 2.02 bits per heavy atom. The Morgan fingerprint density at radius 2 is 1.37 bits per heavy atom. The number of hydrogen-bond acceptors (Lipinski definition) is 9. The van der Waals surface area contributed by atoms with Crippen LogP contribution in [-0.2, 0) is 30.5 Å². The van der Waals surface area contributed by atoms with E-state index in [1.807, 2.05) is 24.3 Å². The van der Waals surface area contributed by atoms with Gasteiger partial charge < -0.3 is 36.6 Å². The van der Waals surface area contributed by atoms with Crippen LogP contribution >= 0.6 is 17.0 Å². The highest BCUT2D eigenvalue weighted by Crippen LogP contribution is 2.70. The fraction of sp³-hybridized carbons (Fsp3) is 0.576. The van der Waals surface area contributed by atoms with Crippen LogP contribution in [0.1, 0.15) is 169 Å². The van der Waals surface area contributed by atoms with E-state index in [2.05, 4.69) is 69.9 Å². The van der Waals surface area contributed by atoms with Gasteiger partial charge >= 0.3 is 6.09 Å². The van der Waals surface area contributed by atoms with Gasteiger partial charge in [0.15, 0.2) is 18.1 Å². The van der Waals surface area contributed by atoms with Crippen LogP contribution in [0.3, 0.4) is 0 Å². The van der Waals surface area contributed by atoms with Crippen LogP contribution in [0.25, 0.3) is 32.9 Å². The number of pyridine rings is 1. The van der Waals surface area contributed by atoms with Crippen molar-refractivity contribution in [3.8, 4) is 11.3 Å². The average molecular weight is 1180 g/mol. The normalized spacial score (nSPS) is 25.5. The van der Waals surface area contributed by atoms with Crippen LogP contribution in [0, 0.1) is 28.6 Å². The Hall–Kier alpha value is -5.51. The van der Waals surface area contributed by atoms with Crippen molar-refractivity contribution in [2.24, 2.45) is 28.6 Å². The smallest absolute Gasteiger partial charge is 0.407 e. The van der Waals surface area contributed by atoms with Crippen molar-refractivity contribution in [2.45, 2.75) is 193 Å². The van der Waals surface area contributed by atoms with Crippen molar-refractivity contribution < 1.29 is 47.9 Å². The number of nitrogens with two attached hydrogens (primary N) is 1. The Bertz CT molecular complexity index is 2940. The van der Waals surface area contributed by atoms with Crippen LogP contribution in [0.5, 0.6) is 0 Å². The number of anilines is 2. The van der Waals surface area contributed by atoms with E-state index in [0.29, 0.717) is 44.2 Å². The molecule has 5 unspecified atom stereocenters. The number of Topliss-reactive ketones (excluding diaryl/α,β-unsaturated/α-hetero) is 1. The number of aliphatic hydroxyl groups is 2. The highest BCUT2D eigenvalue weighted by Gasteiger charge is 2.75. The topological polar surface area (TPSA) is 201 Å². The first-order valence-corrected chi connectivity index (χ1v) is 30.2. The molecule has 4 aromatic rings. The summed E-state index contributed by atoms with van der Waals surface area (Å²) in [5.41, 5.74) is 5.48. The van der Waals surface area contributed by atoms with E-state index < -0.39 is 64.4 Å². The van der Waals surface area contributed by atoms with Gasteiger partial charge in [-0.15, -0.1) is 17.0 Å². The molecule has 8 rings (SSSR count). The number of carbonyl (C=O) groups excluding carboxylic acids is 5. The monoisotopic (exact) mass is 1180 g/mol. The molecule has 4 aliphatic carbocycles. The standard InChI is InChI=1S/C66H88FN5O8.BrH/c1-5-72-56-41-48(68)30-32-52(56)51-33-31-49(42-53(51)61(72)46-25-19-18-20-26-46)71-60(77)28-22-15-11-7-8-12-16-23-37-69-59(76)27-21-14-10-6-9-13-17-24-38-70-62(78)80-44-58(75)66(79)45(2)39-55-54-34-29-47-40-50(73)35-36-63(47,3)65(54,67)57(74)43-64(55,66)4;/h18-20,25-26,30-33,35-36,40-42,45,54-55,57,68,74,79H,5-17,21-24,27-29,34,37-39,43-44H2,1-4H3,(H3,69,70,71,76,77,78);1H/p+1/t45-,54?,55?,57?,63?,64?,65+,66+;/m1./s1. The summed E-state index contributed by atoms with van der Waals surface area (Å²) in [6, 6.07) is 22.7. The van der Waals surface area contributed by atoms with Gasteiger partial charge in [-0.3, -0.25) is 19.2 Å². The third kappa shape index (κ3) is 13.6. The van der Waals surface area contributed by atoms with Gasteiger partial charge in [-0.25, -0.2) is 9.18 Å². The van der Waals surface area contributed by atoms with Crippen molar-refractivity contribution in [3.05, 3.63) is 90.5 Å². The number of ether oxygens (including phenoxy) is 1. The molecule has 81 heavy (non-hydrogen) atoms. The molecule has 8 atom stereocenters. The number of alkyl halides is 1. The zero-order valence-electron chi connectivity index (χ0n) is 48.4. The molecule has 15 heteroatoms. The number of rotatable bonds is 28. The minimum atomic E-state index is -2.06. The number of aliphatic hydroxyl groups excluding tert-OH is 1. The fourth-order valence-corrected chi connectivity index (χ4v) is 14.7. The number of ketones is 2. The van der Waals surface area contributed by atoms with Gasteiger partial charge in [0.25, 0.3) is 0 Å². The van der Waals surface area contributed by atoms with Gasteiger partial charge in [-0.05, 0) is 126 Å². The van der Waals surface area contributed by atoms with E-state index in [0.717, 1.165) is 160 Å². The predicted octanol–water partition coefficient (Wildman–Crippen LogP) is 12.8. The molecule has 0 bridgehead atoms. The Labute approximate surface area is 489 Å². The summed E-state index contributed by atoms with van der Waals surface area (Å²) in [7, 11) is 0.